The average Bonchev–Trinajstić information content (AvgIpc) is 1.94. The van der Waals surface area contributed by atoms with Crippen molar-refractivity contribution in [3.05, 3.63) is 18.3 Å². The highest BCUT2D eigenvalue weighted by molar-refractivity contribution is 5.04. The third-order valence-corrected chi connectivity index (χ3v) is 0.904. The second kappa shape index (κ2) is 3.10. The number of nitrogens with zero attached hydrogens (tertiary/aromatic N) is 2. The molecular formula is C6H7FN2O. The highest BCUT2D eigenvalue weighted by Gasteiger charge is 2.01. The third kappa shape index (κ3) is 1.40. The Labute approximate surface area is 57.9 Å². The molecule has 0 radical (unpaired) electrons. The summed E-state index contributed by atoms with van der Waals surface area (Å²) in [4.78, 5) is 6.95. The lowest BCUT2D eigenvalue weighted by Gasteiger charge is -1.99. The predicted octanol–water partition coefficient (Wildman–Crippen LogP) is 1.01. The lowest BCUT2D eigenvalue weighted by molar-refractivity contribution is 0.301. The normalized spacial score (nSPS) is 9.40. The summed E-state index contributed by atoms with van der Waals surface area (Å²) in [6, 6.07) is 0. The molecule has 10 heavy (non-hydrogen) atoms. The molecule has 0 aliphatic carbocycles. The molecule has 0 amide bonds. The first-order valence-electron chi connectivity index (χ1n) is 2.94. The quantitative estimate of drug-likeness (QED) is 0.618. The summed E-state index contributed by atoms with van der Waals surface area (Å²) in [5, 5.41) is 0. The van der Waals surface area contributed by atoms with E-state index in [2.05, 4.69) is 9.97 Å². The van der Waals surface area contributed by atoms with E-state index in [9.17, 15) is 4.39 Å². The molecule has 54 valence electrons. The van der Waals surface area contributed by atoms with Crippen LogP contribution in [0, 0.1) is 5.95 Å². The fourth-order valence-corrected chi connectivity index (χ4v) is 0.542. The third-order valence-electron chi connectivity index (χ3n) is 0.904. The summed E-state index contributed by atoms with van der Waals surface area (Å²) in [6.07, 6.45) is 2.66. The molecule has 0 spiro atoms. The number of hydrogen-bond acceptors (Lipinski definition) is 3. The molecule has 1 aromatic heterocycles. The zero-order valence-corrected chi connectivity index (χ0v) is 5.54. The first-order valence-corrected chi connectivity index (χ1v) is 2.94. The molecule has 0 unspecified atom stereocenters. The number of ether oxygens (including phenoxy) is 1. The molecule has 0 atom stereocenters. The van der Waals surface area contributed by atoms with Crippen molar-refractivity contribution in [2.45, 2.75) is 6.92 Å². The van der Waals surface area contributed by atoms with Crippen LogP contribution in [0.4, 0.5) is 4.39 Å². The molecule has 0 aliphatic rings. The lowest BCUT2D eigenvalue weighted by Crippen LogP contribution is -1.98. The summed E-state index contributed by atoms with van der Waals surface area (Å²) in [7, 11) is 0. The van der Waals surface area contributed by atoms with E-state index in [-0.39, 0.29) is 5.88 Å². The van der Waals surface area contributed by atoms with Crippen molar-refractivity contribution >= 4 is 0 Å². The van der Waals surface area contributed by atoms with Gasteiger partial charge in [0, 0.05) is 12.4 Å². The monoisotopic (exact) mass is 142 g/mol. The summed E-state index contributed by atoms with van der Waals surface area (Å²) in [6.45, 7) is 2.16. The Bertz CT molecular complexity index is 217. The van der Waals surface area contributed by atoms with E-state index < -0.39 is 5.95 Å². The minimum Gasteiger partial charge on any atom is -0.475 e. The summed E-state index contributed by atoms with van der Waals surface area (Å²) in [5.41, 5.74) is 0. The first-order chi connectivity index (χ1) is 4.84. The summed E-state index contributed by atoms with van der Waals surface area (Å²) in [5.74, 6) is -0.700. The van der Waals surface area contributed by atoms with Crippen molar-refractivity contribution in [2.75, 3.05) is 6.61 Å². The molecule has 0 saturated heterocycles. The van der Waals surface area contributed by atoms with Gasteiger partial charge in [0.15, 0.2) is 0 Å². The van der Waals surface area contributed by atoms with Crippen LogP contribution in [0.2, 0.25) is 0 Å². The van der Waals surface area contributed by atoms with Gasteiger partial charge in [-0.25, -0.2) is 9.97 Å². The van der Waals surface area contributed by atoms with Crippen molar-refractivity contribution < 1.29 is 9.13 Å². The molecule has 0 saturated carbocycles. The van der Waals surface area contributed by atoms with Gasteiger partial charge in [0.1, 0.15) is 0 Å². The van der Waals surface area contributed by atoms with Gasteiger partial charge in [0.25, 0.3) is 11.8 Å². The Morgan fingerprint density at radius 1 is 1.50 bits per heavy atom. The fourth-order valence-electron chi connectivity index (χ4n) is 0.542. The first kappa shape index (κ1) is 6.92. The molecule has 3 nitrogen and oxygen atoms in total. The van der Waals surface area contributed by atoms with Gasteiger partial charge < -0.3 is 4.74 Å². The van der Waals surface area contributed by atoms with Gasteiger partial charge in [-0.2, -0.15) is 4.39 Å². The van der Waals surface area contributed by atoms with Crippen LogP contribution in [-0.4, -0.2) is 16.6 Å². The second-order valence-electron chi connectivity index (χ2n) is 1.59. The molecule has 1 rings (SSSR count). The van der Waals surface area contributed by atoms with Crippen LogP contribution in [0.3, 0.4) is 0 Å². The second-order valence-corrected chi connectivity index (χ2v) is 1.59. The topological polar surface area (TPSA) is 35.0 Å². The van der Waals surface area contributed by atoms with Crippen LogP contribution in [0.25, 0.3) is 0 Å². The Morgan fingerprint density at radius 2 is 2.20 bits per heavy atom. The average molecular weight is 142 g/mol. The molecular weight excluding hydrogens is 135 g/mol. The molecule has 4 heteroatoms. The molecule has 0 fully saturated rings. The van der Waals surface area contributed by atoms with Gasteiger partial charge in [0.05, 0.1) is 6.61 Å². The van der Waals surface area contributed by atoms with Crippen LogP contribution in [0.5, 0.6) is 5.88 Å². The zero-order valence-electron chi connectivity index (χ0n) is 5.54. The van der Waals surface area contributed by atoms with Crippen molar-refractivity contribution in [3.63, 3.8) is 0 Å². The lowest BCUT2D eigenvalue weighted by atomic mass is 10.7. The SMILES string of the molecule is CCOc1nccnc1F. The van der Waals surface area contributed by atoms with Gasteiger partial charge in [-0.3, -0.25) is 0 Å². The number of halogens is 1. The van der Waals surface area contributed by atoms with Crippen molar-refractivity contribution in [1.29, 1.82) is 0 Å². The van der Waals surface area contributed by atoms with Crippen molar-refractivity contribution in [2.24, 2.45) is 0 Å². The number of hydrogen-bond donors (Lipinski definition) is 0. The maximum absolute atomic E-state index is 12.5. The Morgan fingerprint density at radius 3 is 2.80 bits per heavy atom. The van der Waals surface area contributed by atoms with Crippen molar-refractivity contribution in [1.82, 2.24) is 9.97 Å². The van der Waals surface area contributed by atoms with Crippen LogP contribution in [0.1, 0.15) is 6.92 Å². The Balaban J connectivity index is 2.81. The maximum atomic E-state index is 12.5. The smallest absolute Gasteiger partial charge is 0.275 e. The standard InChI is InChI=1S/C6H7FN2O/c1-2-10-6-5(7)8-3-4-9-6/h3-4H,2H2,1H3. The van der Waals surface area contributed by atoms with Gasteiger partial charge in [-0.15, -0.1) is 0 Å². The molecule has 0 aliphatic heterocycles. The minimum atomic E-state index is -0.663. The molecule has 0 bridgehead atoms. The largest absolute Gasteiger partial charge is 0.475 e. The van der Waals surface area contributed by atoms with Crippen LogP contribution in [-0.2, 0) is 0 Å². The van der Waals surface area contributed by atoms with E-state index in [1.165, 1.54) is 12.4 Å². The Hall–Kier alpha value is -1.19. The van der Waals surface area contributed by atoms with E-state index >= 15 is 0 Å². The molecule has 0 aromatic carbocycles. The molecule has 1 heterocycles. The molecule has 0 N–H and O–H groups in total. The van der Waals surface area contributed by atoms with Crippen molar-refractivity contribution in [3.8, 4) is 5.88 Å². The predicted molar refractivity (Wildman–Crippen MR) is 33.2 cm³/mol. The van der Waals surface area contributed by atoms with E-state index in [0.717, 1.165) is 0 Å². The maximum Gasteiger partial charge on any atom is 0.275 e. The highest BCUT2D eigenvalue weighted by atomic mass is 19.1. The van der Waals surface area contributed by atoms with E-state index in [1.54, 1.807) is 6.92 Å². The summed E-state index contributed by atoms with van der Waals surface area (Å²) < 4.78 is 17.3. The van der Waals surface area contributed by atoms with Gasteiger partial charge in [-0.05, 0) is 6.92 Å². The van der Waals surface area contributed by atoms with Gasteiger partial charge in [-0.1, -0.05) is 0 Å². The van der Waals surface area contributed by atoms with Gasteiger partial charge >= 0.3 is 0 Å². The van der Waals surface area contributed by atoms with Crippen LogP contribution >= 0.6 is 0 Å². The van der Waals surface area contributed by atoms with Crippen LogP contribution in [0.15, 0.2) is 12.4 Å². The summed E-state index contributed by atoms with van der Waals surface area (Å²) >= 11 is 0. The Kier molecular flexibility index (Phi) is 2.15. The number of rotatable bonds is 2. The zero-order chi connectivity index (χ0) is 7.40. The fraction of sp³-hybridized carbons (Fsp3) is 0.333. The van der Waals surface area contributed by atoms with Crippen LogP contribution < -0.4 is 4.74 Å². The highest BCUT2D eigenvalue weighted by Crippen LogP contribution is 2.07. The minimum absolute atomic E-state index is 0.0370. The van der Waals surface area contributed by atoms with E-state index in [4.69, 9.17) is 4.74 Å². The van der Waals surface area contributed by atoms with E-state index in [1.807, 2.05) is 0 Å². The van der Waals surface area contributed by atoms with E-state index in [0.29, 0.717) is 6.61 Å². The van der Waals surface area contributed by atoms with Gasteiger partial charge in [0.2, 0.25) is 0 Å². The molecule has 1 aromatic rings. The number of aromatic nitrogens is 2.